The number of hydrogen-bond donors (Lipinski definition) is 0. The minimum absolute atomic E-state index is 0.0416. The van der Waals surface area contributed by atoms with Crippen molar-refractivity contribution in [1.82, 2.24) is 9.29 Å². The number of ether oxygens (including phenoxy) is 1. The van der Waals surface area contributed by atoms with Crippen molar-refractivity contribution in [3.05, 3.63) is 52.8 Å². The molecule has 0 N–H and O–H groups in total. The summed E-state index contributed by atoms with van der Waals surface area (Å²) in [6.07, 6.45) is 6.64. The van der Waals surface area contributed by atoms with Gasteiger partial charge in [0, 0.05) is 29.7 Å². The predicted molar refractivity (Wildman–Crippen MR) is 110 cm³/mol. The van der Waals surface area contributed by atoms with Crippen LogP contribution in [0.3, 0.4) is 0 Å². The number of fused-ring (bicyclic) bond motifs is 1. The number of anilines is 1. The van der Waals surface area contributed by atoms with Crippen LogP contribution in [-0.4, -0.2) is 40.6 Å². The molecule has 0 aliphatic carbocycles. The second-order valence-corrected chi connectivity index (χ2v) is 8.69. The summed E-state index contributed by atoms with van der Waals surface area (Å²) in [6.45, 7) is 5.96. The average Bonchev–Trinajstić information content (AvgIpc) is 3.16. The van der Waals surface area contributed by atoms with Gasteiger partial charge in [-0.1, -0.05) is 23.5 Å². The Morgan fingerprint density at radius 3 is 2.85 bits per heavy atom. The van der Waals surface area contributed by atoms with E-state index in [1.165, 1.54) is 0 Å². The SMILES string of the molecule is CSN1CCC(Oc2cncc(N3C(=O)c4ccc(Cl)cc4C3(C)C)c2)C1. The van der Waals surface area contributed by atoms with Gasteiger partial charge in [-0.25, -0.2) is 4.31 Å². The number of benzene rings is 1. The molecule has 7 heteroatoms. The molecule has 2 aromatic rings. The Balaban J connectivity index is 1.62. The van der Waals surface area contributed by atoms with Crippen LogP contribution in [0.2, 0.25) is 5.02 Å². The summed E-state index contributed by atoms with van der Waals surface area (Å²) in [5, 5.41) is 0.631. The first kappa shape index (κ1) is 18.6. The first-order valence-electron chi connectivity index (χ1n) is 8.95. The van der Waals surface area contributed by atoms with Crippen molar-refractivity contribution >= 4 is 35.1 Å². The molecule has 0 saturated carbocycles. The third-order valence-electron chi connectivity index (χ3n) is 5.26. The van der Waals surface area contributed by atoms with Gasteiger partial charge in [0.1, 0.15) is 11.9 Å². The first-order valence-corrected chi connectivity index (χ1v) is 10.5. The number of halogens is 1. The molecule has 0 radical (unpaired) electrons. The zero-order chi connectivity index (χ0) is 19.2. The number of pyridine rings is 1. The molecule has 1 saturated heterocycles. The van der Waals surface area contributed by atoms with Crippen molar-refractivity contribution in [3.8, 4) is 5.75 Å². The van der Waals surface area contributed by atoms with E-state index in [4.69, 9.17) is 16.3 Å². The number of nitrogens with zero attached hydrogens (tertiary/aromatic N) is 3. The number of carbonyl (C=O) groups excluding carboxylic acids is 1. The lowest BCUT2D eigenvalue weighted by Crippen LogP contribution is -2.39. The van der Waals surface area contributed by atoms with Crippen molar-refractivity contribution in [3.63, 3.8) is 0 Å². The van der Waals surface area contributed by atoms with Crippen molar-refractivity contribution < 1.29 is 9.53 Å². The molecule has 5 nitrogen and oxygen atoms in total. The van der Waals surface area contributed by atoms with Crippen LogP contribution in [0.15, 0.2) is 36.7 Å². The maximum atomic E-state index is 13.1. The van der Waals surface area contributed by atoms with Gasteiger partial charge in [0.15, 0.2) is 0 Å². The number of rotatable bonds is 4. The summed E-state index contributed by atoms with van der Waals surface area (Å²) in [6, 6.07) is 7.33. The molecule has 1 unspecified atom stereocenters. The van der Waals surface area contributed by atoms with Crippen LogP contribution in [0.4, 0.5) is 5.69 Å². The normalized spacial score (nSPS) is 21.6. The standard InChI is InChI=1S/C20H22ClN3O2S/c1-20(2)18-8-13(21)4-5-17(18)19(25)24(20)14-9-16(11-22-10-14)26-15-6-7-23(12-15)27-3/h4-5,8-11,15H,6-7,12H2,1-3H3. The highest BCUT2D eigenvalue weighted by atomic mass is 35.5. The van der Waals surface area contributed by atoms with Crippen molar-refractivity contribution in [2.24, 2.45) is 0 Å². The highest BCUT2D eigenvalue weighted by molar-refractivity contribution is 7.96. The van der Waals surface area contributed by atoms with Gasteiger partial charge in [-0.15, -0.1) is 0 Å². The van der Waals surface area contributed by atoms with Gasteiger partial charge in [-0.05, 0) is 50.3 Å². The predicted octanol–water partition coefficient (Wildman–Crippen LogP) is 4.36. The second-order valence-electron chi connectivity index (χ2n) is 7.37. The first-order chi connectivity index (χ1) is 12.9. The van der Waals surface area contributed by atoms with Gasteiger partial charge in [0.2, 0.25) is 0 Å². The Morgan fingerprint density at radius 1 is 1.30 bits per heavy atom. The van der Waals surface area contributed by atoms with Crippen LogP contribution in [0.5, 0.6) is 5.75 Å². The molecule has 0 spiro atoms. The molecule has 3 heterocycles. The molecule has 1 amide bonds. The molecule has 1 aromatic carbocycles. The molecule has 2 aliphatic heterocycles. The topological polar surface area (TPSA) is 45.7 Å². The second kappa shape index (κ2) is 7.00. The summed E-state index contributed by atoms with van der Waals surface area (Å²) in [7, 11) is 0. The van der Waals surface area contributed by atoms with E-state index in [9.17, 15) is 4.79 Å². The molecule has 0 bridgehead atoms. The Bertz CT molecular complexity index is 889. The third-order valence-corrected chi connectivity index (χ3v) is 6.34. The summed E-state index contributed by atoms with van der Waals surface area (Å²) in [5.74, 6) is 0.651. The van der Waals surface area contributed by atoms with Gasteiger partial charge >= 0.3 is 0 Å². The molecule has 142 valence electrons. The number of hydrogen-bond acceptors (Lipinski definition) is 5. The van der Waals surface area contributed by atoms with Gasteiger partial charge in [0.25, 0.3) is 5.91 Å². The van der Waals surface area contributed by atoms with Gasteiger partial charge in [-0.2, -0.15) is 0 Å². The highest BCUT2D eigenvalue weighted by Gasteiger charge is 2.44. The van der Waals surface area contributed by atoms with Crippen molar-refractivity contribution in [2.75, 3.05) is 24.2 Å². The Morgan fingerprint density at radius 2 is 2.11 bits per heavy atom. The van der Waals surface area contributed by atoms with E-state index in [0.717, 1.165) is 30.8 Å². The smallest absolute Gasteiger partial charge is 0.259 e. The van der Waals surface area contributed by atoms with Gasteiger partial charge < -0.3 is 4.74 Å². The maximum Gasteiger partial charge on any atom is 0.259 e. The zero-order valence-corrected chi connectivity index (χ0v) is 17.2. The van der Waals surface area contributed by atoms with E-state index < -0.39 is 5.54 Å². The van der Waals surface area contributed by atoms with E-state index in [1.807, 2.05) is 26.0 Å². The van der Waals surface area contributed by atoms with Crippen LogP contribution in [0.1, 0.15) is 36.2 Å². The van der Waals surface area contributed by atoms with Gasteiger partial charge in [0.05, 0.1) is 23.6 Å². The average molecular weight is 404 g/mol. The minimum atomic E-state index is -0.513. The Kier molecular flexibility index (Phi) is 4.82. The highest BCUT2D eigenvalue weighted by Crippen LogP contribution is 2.43. The summed E-state index contributed by atoms with van der Waals surface area (Å²) in [5.41, 5.74) is 1.83. The fourth-order valence-corrected chi connectivity index (χ4v) is 4.67. The molecule has 4 rings (SSSR count). The van der Waals surface area contributed by atoms with Crippen LogP contribution < -0.4 is 9.64 Å². The van der Waals surface area contributed by atoms with Crippen LogP contribution in [0, 0.1) is 0 Å². The Hall–Kier alpha value is -1.76. The van der Waals surface area contributed by atoms with Crippen LogP contribution >= 0.6 is 23.5 Å². The van der Waals surface area contributed by atoms with Crippen LogP contribution in [0.25, 0.3) is 0 Å². The number of amides is 1. The quantitative estimate of drug-likeness (QED) is 0.709. The molecular weight excluding hydrogens is 382 g/mol. The fraction of sp³-hybridized carbons (Fsp3) is 0.400. The van der Waals surface area contributed by atoms with Crippen LogP contribution in [-0.2, 0) is 5.54 Å². The van der Waals surface area contributed by atoms with Crippen molar-refractivity contribution in [2.45, 2.75) is 31.9 Å². The summed E-state index contributed by atoms with van der Waals surface area (Å²) < 4.78 is 8.42. The third kappa shape index (κ3) is 3.30. The largest absolute Gasteiger partial charge is 0.487 e. The van der Waals surface area contributed by atoms with E-state index in [2.05, 4.69) is 15.5 Å². The zero-order valence-electron chi connectivity index (χ0n) is 15.6. The summed E-state index contributed by atoms with van der Waals surface area (Å²) in [4.78, 5) is 19.2. The minimum Gasteiger partial charge on any atom is -0.487 e. The van der Waals surface area contributed by atoms with E-state index in [1.54, 1.807) is 41.4 Å². The maximum absolute atomic E-state index is 13.1. The number of aromatic nitrogens is 1. The monoisotopic (exact) mass is 403 g/mol. The molecule has 1 aromatic heterocycles. The summed E-state index contributed by atoms with van der Waals surface area (Å²) >= 11 is 7.91. The molecule has 2 aliphatic rings. The lowest BCUT2D eigenvalue weighted by Gasteiger charge is -2.32. The Labute approximate surface area is 168 Å². The molecule has 1 fully saturated rings. The fourth-order valence-electron chi connectivity index (χ4n) is 3.89. The van der Waals surface area contributed by atoms with Crippen molar-refractivity contribution in [1.29, 1.82) is 0 Å². The van der Waals surface area contributed by atoms with E-state index in [0.29, 0.717) is 16.3 Å². The van der Waals surface area contributed by atoms with E-state index >= 15 is 0 Å². The van der Waals surface area contributed by atoms with Gasteiger partial charge in [-0.3, -0.25) is 14.7 Å². The lowest BCUT2D eigenvalue weighted by atomic mass is 9.93. The molecular formula is C20H22ClN3O2S. The number of carbonyl (C=O) groups is 1. The molecule has 1 atom stereocenters. The molecule has 27 heavy (non-hydrogen) atoms. The van der Waals surface area contributed by atoms with E-state index in [-0.39, 0.29) is 12.0 Å². The lowest BCUT2D eigenvalue weighted by molar-refractivity contribution is 0.0982.